The summed E-state index contributed by atoms with van der Waals surface area (Å²) in [6.07, 6.45) is 7.74. The van der Waals surface area contributed by atoms with E-state index >= 15 is 0 Å². The summed E-state index contributed by atoms with van der Waals surface area (Å²) in [7, 11) is 0. The molecule has 1 heteroatoms. The molecule has 3 rings (SSSR count). The Bertz CT molecular complexity index is 468. The van der Waals surface area contributed by atoms with Crippen molar-refractivity contribution in [1.82, 2.24) is 0 Å². The smallest absolute Gasteiger partial charge is 0.0157 e. The molecule has 2 aliphatic rings. The van der Waals surface area contributed by atoms with Crippen molar-refractivity contribution in [2.24, 2.45) is 5.92 Å². The Kier molecular flexibility index (Phi) is 3.11. The SMILES string of the molecule is CCC1C=C(c2ccccc2)SC2=C1CCC2. The monoisotopic (exact) mass is 242 g/mol. The summed E-state index contributed by atoms with van der Waals surface area (Å²) < 4.78 is 0. The molecule has 0 spiro atoms. The van der Waals surface area contributed by atoms with Crippen LogP contribution in [0.15, 0.2) is 46.9 Å². The maximum atomic E-state index is 2.49. The van der Waals surface area contributed by atoms with Crippen molar-refractivity contribution in [3.63, 3.8) is 0 Å². The van der Waals surface area contributed by atoms with Crippen molar-refractivity contribution in [2.75, 3.05) is 0 Å². The molecule has 1 heterocycles. The molecule has 0 radical (unpaired) electrons. The Hall–Kier alpha value is -0.950. The van der Waals surface area contributed by atoms with Gasteiger partial charge in [0.25, 0.3) is 0 Å². The molecule has 1 aliphatic carbocycles. The van der Waals surface area contributed by atoms with Gasteiger partial charge in [-0.15, -0.1) is 0 Å². The summed E-state index contributed by atoms with van der Waals surface area (Å²) in [5, 5.41) is 0. The summed E-state index contributed by atoms with van der Waals surface area (Å²) in [5.74, 6) is 0.698. The lowest BCUT2D eigenvalue weighted by molar-refractivity contribution is 0.697. The van der Waals surface area contributed by atoms with Crippen LogP contribution in [0.3, 0.4) is 0 Å². The molecule has 0 bridgehead atoms. The second kappa shape index (κ2) is 4.73. The molecule has 0 amide bonds. The fraction of sp³-hybridized carbons (Fsp3) is 0.375. The third-order valence-corrected chi connectivity index (χ3v) is 5.04. The Labute approximate surface area is 108 Å². The van der Waals surface area contributed by atoms with E-state index in [0.29, 0.717) is 5.92 Å². The van der Waals surface area contributed by atoms with Gasteiger partial charge in [-0.25, -0.2) is 0 Å². The van der Waals surface area contributed by atoms with E-state index in [2.05, 4.69) is 43.3 Å². The van der Waals surface area contributed by atoms with E-state index in [4.69, 9.17) is 0 Å². The highest BCUT2D eigenvalue weighted by Crippen LogP contribution is 2.49. The minimum Gasteiger partial charge on any atom is -0.0943 e. The van der Waals surface area contributed by atoms with Gasteiger partial charge in [0.15, 0.2) is 0 Å². The van der Waals surface area contributed by atoms with E-state index < -0.39 is 0 Å². The highest BCUT2D eigenvalue weighted by Gasteiger charge is 2.26. The van der Waals surface area contributed by atoms with Gasteiger partial charge >= 0.3 is 0 Å². The van der Waals surface area contributed by atoms with Crippen LogP contribution in [0.5, 0.6) is 0 Å². The standard InChI is InChI=1S/C16H18S/c1-2-12-11-16(13-7-4-3-5-8-13)17-15-10-6-9-14(12)15/h3-5,7-8,11-12H,2,6,9-10H2,1H3. The van der Waals surface area contributed by atoms with Crippen molar-refractivity contribution in [3.05, 3.63) is 52.4 Å². The van der Waals surface area contributed by atoms with Crippen molar-refractivity contribution in [3.8, 4) is 0 Å². The topological polar surface area (TPSA) is 0 Å². The van der Waals surface area contributed by atoms with E-state index in [1.807, 2.05) is 11.8 Å². The number of hydrogen-bond donors (Lipinski definition) is 0. The average molecular weight is 242 g/mol. The van der Waals surface area contributed by atoms with Crippen LogP contribution in [0.25, 0.3) is 4.91 Å². The van der Waals surface area contributed by atoms with Gasteiger partial charge in [0.2, 0.25) is 0 Å². The lowest BCUT2D eigenvalue weighted by Gasteiger charge is -2.22. The molecule has 0 saturated carbocycles. The van der Waals surface area contributed by atoms with E-state index in [1.54, 1.807) is 10.5 Å². The van der Waals surface area contributed by atoms with Crippen molar-refractivity contribution < 1.29 is 0 Å². The first kappa shape index (κ1) is 11.2. The summed E-state index contributed by atoms with van der Waals surface area (Å²) >= 11 is 2.02. The molecule has 1 aliphatic heterocycles. The Balaban J connectivity index is 1.93. The van der Waals surface area contributed by atoms with Crippen LogP contribution in [0.2, 0.25) is 0 Å². The number of hydrogen-bond acceptors (Lipinski definition) is 1. The molecule has 1 aromatic rings. The van der Waals surface area contributed by atoms with Crippen LogP contribution in [-0.4, -0.2) is 0 Å². The largest absolute Gasteiger partial charge is 0.0943 e. The molecule has 0 aromatic heterocycles. The molecule has 1 atom stereocenters. The predicted octanol–water partition coefficient (Wildman–Crippen LogP) is 5.24. The lowest BCUT2D eigenvalue weighted by atomic mass is 9.94. The second-order valence-electron chi connectivity index (χ2n) is 4.82. The average Bonchev–Trinajstić information content (AvgIpc) is 2.86. The normalized spacial score (nSPS) is 23.6. The molecular weight excluding hydrogens is 224 g/mol. The number of allylic oxidation sites excluding steroid dienone is 3. The molecule has 88 valence electrons. The molecule has 0 nitrogen and oxygen atoms in total. The highest BCUT2D eigenvalue weighted by atomic mass is 32.2. The number of thioether (sulfide) groups is 1. The fourth-order valence-electron chi connectivity index (χ4n) is 2.82. The summed E-state index contributed by atoms with van der Waals surface area (Å²) in [5.41, 5.74) is 3.12. The zero-order valence-corrected chi connectivity index (χ0v) is 11.1. The molecule has 0 fully saturated rings. The molecule has 0 N–H and O–H groups in total. The molecular formula is C16H18S. The molecule has 0 saturated heterocycles. The Morgan fingerprint density at radius 2 is 2.00 bits per heavy atom. The van der Waals surface area contributed by atoms with Gasteiger partial charge in [0, 0.05) is 4.91 Å². The maximum Gasteiger partial charge on any atom is 0.0157 e. The van der Waals surface area contributed by atoms with Crippen molar-refractivity contribution in [2.45, 2.75) is 32.6 Å². The highest BCUT2D eigenvalue weighted by molar-refractivity contribution is 8.11. The van der Waals surface area contributed by atoms with Gasteiger partial charge < -0.3 is 0 Å². The van der Waals surface area contributed by atoms with Crippen molar-refractivity contribution >= 4 is 16.7 Å². The molecule has 17 heavy (non-hydrogen) atoms. The number of rotatable bonds is 2. The van der Waals surface area contributed by atoms with Gasteiger partial charge in [-0.05, 0) is 42.1 Å². The van der Waals surface area contributed by atoms with Gasteiger partial charge in [-0.3, -0.25) is 0 Å². The van der Waals surface area contributed by atoms with Crippen LogP contribution in [-0.2, 0) is 0 Å². The van der Waals surface area contributed by atoms with E-state index in [9.17, 15) is 0 Å². The van der Waals surface area contributed by atoms with E-state index in [-0.39, 0.29) is 0 Å². The zero-order chi connectivity index (χ0) is 11.7. The van der Waals surface area contributed by atoms with Crippen LogP contribution in [0.1, 0.15) is 38.2 Å². The fourth-order valence-corrected chi connectivity index (χ4v) is 4.20. The minimum absolute atomic E-state index is 0.698. The predicted molar refractivity (Wildman–Crippen MR) is 76.7 cm³/mol. The maximum absolute atomic E-state index is 2.49. The third kappa shape index (κ3) is 2.09. The van der Waals surface area contributed by atoms with Gasteiger partial charge in [0.05, 0.1) is 0 Å². The van der Waals surface area contributed by atoms with Crippen LogP contribution >= 0.6 is 11.8 Å². The summed E-state index contributed by atoms with van der Waals surface area (Å²) in [6.45, 7) is 2.31. The zero-order valence-electron chi connectivity index (χ0n) is 10.3. The van der Waals surface area contributed by atoms with Gasteiger partial charge in [-0.2, -0.15) is 0 Å². The lowest BCUT2D eigenvalue weighted by Crippen LogP contribution is -2.03. The van der Waals surface area contributed by atoms with Crippen LogP contribution in [0.4, 0.5) is 0 Å². The second-order valence-corrected chi connectivity index (χ2v) is 5.95. The molecule has 1 aromatic carbocycles. The number of benzene rings is 1. The third-order valence-electron chi connectivity index (χ3n) is 3.74. The van der Waals surface area contributed by atoms with Gasteiger partial charge in [-0.1, -0.05) is 60.7 Å². The van der Waals surface area contributed by atoms with E-state index in [0.717, 1.165) is 0 Å². The first-order chi connectivity index (χ1) is 8.38. The van der Waals surface area contributed by atoms with Gasteiger partial charge in [0.1, 0.15) is 0 Å². The van der Waals surface area contributed by atoms with E-state index in [1.165, 1.54) is 36.2 Å². The molecule has 1 unspecified atom stereocenters. The summed E-state index contributed by atoms with van der Waals surface area (Å²) in [4.78, 5) is 3.14. The van der Waals surface area contributed by atoms with Crippen LogP contribution < -0.4 is 0 Å². The van der Waals surface area contributed by atoms with Crippen molar-refractivity contribution in [1.29, 1.82) is 0 Å². The Morgan fingerprint density at radius 1 is 1.18 bits per heavy atom. The quantitative estimate of drug-likeness (QED) is 0.683. The first-order valence-electron chi connectivity index (χ1n) is 6.55. The van der Waals surface area contributed by atoms with Crippen LogP contribution in [0, 0.1) is 5.92 Å². The minimum atomic E-state index is 0.698. The first-order valence-corrected chi connectivity index (χ1v) is 7.37. The summed E-state index contributed by atoms with van der Waals surface area (Å²) in [6, 6.07) is 10.8. The Morgan fingerprint density at radius 3 is 2.76 bits per heavy atom.